The lowest BCUT2D eigenvalue weighted by molar-refractivity contribution is 0.0600. The molecular weight excluding hydrogens is 232 g/mol. The zero-order valence-corrected chi connectivity index (χ0v) is 9.79. The van der Waals surface area contributed by atoms with Crippen molar-refractivity contribution in [3.8, 4) is 17.2 Å². The number of esters is 1. The highest BCUT2D eigenvalue weighted by Gasteiger charge is 2.05. The molecule has 0 aliphatic heterocycles. The van der Waals surface area contributed by atoms with Gasteiger partial charge in [-0.15, -0.1) is 0 Å². The van der Waals surface area contributed by atoms with Crippen LogP contribution >= 0.6 is 0 Å². The number of aromatic hydroxyl groups is 1. The summed E-state index contributed by atoms with van der Waals surface area (Å²) in [6.07, 6.45) is 0. The van der Waals surface area contributed by atoms with Crippen LogP contribution in [0.25, 0.3) is 0 Å². The molecule has 0 saturated heterocycles. The molecule has 4 heteroatoms. The molecule has 0 radical (unpaired) electrons. The number of rotatable bonds is 3. The fourth-order valence-corrected chi connectivity index (χ4v) is 1.43. The summed E-state index contributed by atoms with van der Waals surface area (Å²) in [4.78, 5) is 11.2. The van der Waals surface area contributed by atoms with Gasteiger partial charge in [0.1, 0.15) is 17.2 Å². The van der Waals surface area contributed by atoms with E-state index in [4.69, 9.17) is 9.84 Å². The fourth-order valence-electron chi connectivity index (χ4n) is 1.43. The van der Waals surface area contributed by atoms with E-state index in [0.717, 1.165) is 0 Å². The second-order valence-electron chi connectivity index (χ2n) is 3.61. The van der Waals surface area contributed by atoms with Crippen molar-refractivity contribution in [2.24, 2.45) is 0 Å². The third kappa shape index (κ3) is 2.79. The van der Waals surface area contributed by atoms with Gasteiger partial charge in [0.25, 0.3) is 0 Å². The van der Waals surface area contributed by atoms with E-state index < -0.39 is 0 Å². The van der Waals surface area contributed by atoms with Crippen LogP contribution in [-0.4, -0.2) is 18.2 Å². The highest BCUT2D eigenvalue weighted by atomic mass is 16.5. The Morgan fingerprint density at radius 1 is 0.944 bits per heavy atom. The highest BCUT2D eigenvalue weighted by Crippen LogP contribution is 2.23. The molecule has 2 aromatic carbocycles. The van der Waals surface area contributed by atoms with Gasteiger partial charge in [-0.2, -0.15) is 0 Å². The molecule has 4 nitrogen and oxygen atoms in total. The molecule has 92 valence electrons. The number of benzene rings is 2. The van der Waals surface area contributed by atoms with Crippen LogP contribution in [0.1, 0.15) is 10.4 Å². The van der Waals surface area contributed by atoms with Crippen LogP contribution in [0.4, 0.5) is 0 Å². The van der Waals surface area contributed by atoms with Crippen molar-refractivity contribution < 1.29 is 19.4 Å². The summed E-state index contributed by atoms with van der Waals surface area (Å²) < 4.78 is 10.1. The van der Waals surface area contributed by atoms with Gasteiger partial charge in [-0.25, -0.2) is 4.79 Å². The maximum absolute atomic E-state index is 11.2. The van der Waals surface area contributed by atoms with Gasteiger partial charge in [0, 0.05) is 0 Å². The summed E-state index contributed by atoms with van der Waals surface area (Å²) in [7, 11) is 1.34. The summed E-state index contributed by atoms with van der Waals surface area (Å²) in [5.74, 6) is 1.02. The van der Waals surface area contributed by atoms with E-state index in [1.54, 1.807) is 36.4 Å². The number of hydrogen-bond acceptors (Lipinski definition) is 4. The molecular formula is C14H12O4. The van der Waals surface area contributed by atoms with Gasteiger partial charge in [0.15, 0.2) is 0 Å². The number of ether oxygens (including phenoxy) is 2. The first-order valence-corrected chi connectivity index (χ1v) is 5.34. The molecule has 0 fully saturated rings. The number of phenolic OH excluding ortho intramolecular Hbond substituents is 1. The smallest absolute Gasteiger partial charge is 0.337 e. The van der Waals surface area contributed by atoms with Crippen LogP contribution in [0.15, 0.2) is 48.5 Å². The molecule has 0 spiro atoms. The maximum atomic E-state index is 11.2. The Morgan fingerprint density at radius 3 is 1.94 bits per heavy atom. The first-order chi connectivity index (χ1) is 8.69. The lowest BCUT2D eigenvalue weighted by Gasteiger charge is -2.06. The van der Waals surface area contributed by atoms with Crippen molar-refractivity contribution in [1.82, 2.24) is 0 Å². The molecule has 0 bridgehead atoms. The minimum atomic E-state index is -0.383. The molecule has 0 aliphatic carbocycles. The van der Waals surface area contributed by atoms with E-state index in [0.29, 0.717) is 17.1 Å². The predicted octanol–water partition coefficient (Wildman–Crippen LogP) is 2.97. The van der Waals surface area contributed by atoms with Gasteiger partial charge in [0.05, 0.1) is 12.7 Å². The molecule has 2 aromatic rings. The highest BCUT2D eigenvalue weighted by molar-refractivity contribution is 5.89. The Balaban J connectivity index is 2.10. The molecule has 2 rings (SSSR count). The topological polar surface area (TPSA) is 55.8 Å². The number of hydrogen-bond donors (Lipinski definition) is 1. The zero-order chi connectivity index (χ0) is 13.0. The average molecular weight is 244 g/mol. The second kappa shape index (κ2) is 5.23. The van der Waals surface area contributed by atoms with Crippen LogP contribution in [-0.2, 0) is 4.74 Å². The first-order valence-electron chi connectivity index (χ1n) is 5.34. The molecule has 0 aromatic heterocycles. The van der Waals surface area contributed by atoms with Crippen LogP contribution in [0, 0.1) is 0 Å². The second-order valence-corrected chi connectivity index (χ2v) is 3.61. The standard InChI is InChI=1S/C14H12O4/c1-17-14(16)10-2-6-12(7-3-10)18-13-8-4-11(15)5-9-13/h2-9,15H,1H3. The summed E-state index contributed by atoms with van der Waals surface area (Å²) >= 11 is 0. The lowest BCUT2D eigenvalue weighted by atomic mass is 10.2. The third-order valence-corrected chi connectivity index (χ3v) is 2.35. The Kier molecular flexibility index (Phi) is 3.48. The normalized spacial score (nSPS) is 9.83. The monoisotopic (exact) mass is 244 g/mol. The van der Waals surface area contributed by atoms with Crippen molar-refractivity contribution >= 4 is 5.97 Å². The maximum Gasteiger partial charge on any atom is 0.337 e. The van der Waals surface area contributed by atoms with Gasteiger partial charge in [0.2, 0.25) is 0 Å². The van der Waals surface area contributed by atoms with E-state index >= 15 is 0 Å². The molecule has 0 saturated carbocycles. The molecule has 0 unspecified atom stereocenters. The molecule has 0 heterocycles. The minimum absolute atomic E-state index is 0.184. The average Bonchev–Trinajstić information content (AvgIpc) is 2.41. The van der Waals surface area contributed by atoms with E-state index in [-0.39, 0.29) is 11.7 Å². The van der Waals surface area contributed by atoms with E-state index in [2.05, 4.69) is 4.74 Å². The summed E-state index contributed by atoms with van der Waals surface area (Å²) in [5.41, 5.74) is 0.468. The lowest BCUT2D eigenvalue weighted by Crippen LogP contribution is -2.00. The number of phenols is 1. The number of methoxy groups -OCH3 is 1. The van der Waals surface area contributed by atoms with E-state index in [9.17, 15) is 4.79 Å². The Morgan fingerprint density at radius 2 is 1.44 bits per heavy atom. The van der Waals surface area contributed by atoms with Gasteiger partial charge >= 0.3 is 5.97 Å². The SMILES string of the molecule is COC(=O)c1ccc(Oc2ccc(O)cc2)cc1. The predicted molar refractivity (Wildman–Crippen MR) is 66.0 cm³/mol. The molecule has 0 aliphatic rings. The molecule has 0 atom stereocenters. The fraction of sp³-hybridized carbons (Fsp3) is 0.0714. The van der Waals surface area contributed by atoms with Crippen LogP contribution in [0.5, 0.6) is 17.2 Å². The largest absolute Gasteiger partial charge is 0.508 e. The van der Waals surface area contributed by atoms with Gasteiger partial charge < -0.3 is 14.6 Å². The molecule has 1 N–H and O–H groups in total. The summed E-state index contributed by atoms with van der Waals surface area (Å²) in [6, 6.07) is 13.0. The molecule has 0 amide bonds. The van der Waals surface area contributed by atoms with Crippen LogP contribution < -0.4 is 4.74 Å². The third-order valence-electron chi connectivity index (χ3n) is 2.35. The van der Waals surface area contributed by atoms with Gasteiger partial charge in [-0.3, -0.25) is 0 Å². The summed E-state index contributed by atoms with van der Waals surface area (Å²) in [6.45, 7) is 0. The van der Waals surface area contributed by atoms with Crippen molar-refractivity contribution in [1.29, 1.82) is 0 Å². The zero-order valence-electron chi connectivity index (χ0n) is 9.79. The van der Waals surface area contributed by atoms with Crippen LogP contribution in [0.3, 0.4) is 0 Å². The Hall–Kier alpha value is -2.49. The van der Waals surface area contributed by atoms with Gasteiger partial charge in [-0.05, 0) is 48.5 Å². The summed E-state index contributed by atoms with van der Waals surface area (Å²) in [5, 5.41) is 9.14. The molecule has 18 heavy (non-hydrogen) atoms. The van der Waals surface area contributed by atoms with Crippen molar-refractivity contribution in [3.63, 3.8) is 0 Å². The Bertz CT molecular complexity index is 529. The van der Waals surface area contributed by atoms with Gasteiger partial charge in [-0.1, -0.05) is 0 Å². The van der Waals surface area contributed by atoms with Crippen molar-refractivity contribution in [2.45, 2.75) is 0 Å². The quantitative estimate of drug-likeness (QED) is 0.843. The van der Waals surface area contributed by atoms with Crippen molar-refractivity contribution in [3.05, 3.63) is 54.1 Å². The van der Waals surface area contributed by atoms with Crippen LogP contribution in [0.2, 0.25) is 0 Å². The number of carbonyl (C=O) groups is 1. The first kappa shape index (κ1) is 12.0. The minimum Gasteiger partial charge on any atom is -0.508 e. The Labute approximate surface area is 104 Å². The van der Waals surface area contributed by atoms with E-state index in [1.807, 2.05) is 0 Å². The number of carbonyl (C=O) groups excluding carboxylic acids is 1. The van der Waals surface area contributed by atoms with Crippen molar-refractivity contribution in [2.75, 3.05) is 7.11 Å². The van der Waals surface area contributed by atoms with E-state index in [1.165, 1.54) is 19.2 Å².